The lowest BCUT2D eigenvalue weighted by Gasteiger charge is -2.04. The van der Waals surface area contributed by atoms with Gasteiger partial charge in [-0.2, -0.15) is 0 Å². The monoisotopic (exact) mass is 280 g/mol. The number of nitrogens with one attached hydrogen (secondary N) is 1. The Hall–Kier alpha value is -2.42. The second-order valence-electron chi connectivity index (χ2n) is 5.39. The summed E-state index contributed by atoms with van der Waals surface area (Å²) in [7, 11) is 0. The fourth-order valence-corrected chi connectivity index (χ4v) is 2.35. The molecule has 3 aromatic rings. The third kappa shape index (κ3) is 2.72. The van der Waals surface area contributed by atoms with Crippen molar-refractivity contribution in [3.8, 4) is 22.5 Å². The van der Waals surface area contributed by atoms with E-state index in [9.17, 15) is 4.39 Å². The zero-order chi connectivity index (χ0) is 14.8. The van der Waals surface area contributed by atoms with Gasteiger partial charge in [0.05, 0.1) is 11.4 Å². The molecule has 0 unspecified atom stereocenters. The summed E-state index contributed by atoms with van der Waals surface area (Å²) < 4.78 is 13.1. The summed E-state index contributed by atoms with van der Waals surface area (Å²) in [6, 6.07) is 14.5. The fraction of sp³-hybridized carbons (Fsp3) is 0.167. The number of H-pyrrole nitrogens is 1. The molecule has 21 heavy (non-hydrogen) atoms. The van der Waals surface area contributed by atoms with Gasteiger partial charge < -0.3 is 4.98 Å². The average Bonchev–Trinajstić information content (AvgIpc) is 2.94. The number of halogens is 1. The van der Waals surface area contributed by atoms with E-state index in [4.69, 9.17) is 0 Å². The van der Waals surface area contributed by atoms with E-state index in [0.29, 0.717) is 5.92 Å². The van der Waals surface area contributed by atoms with Crippen molar-refractivity contribution in [1.29, 1.82) is 0 Å². The first kappa shape index (κ1) is 13.6. The molecule has 0 bridgehead atoms. The highest BCUT2D eigenvalue weighted by Crippen LogP contribution is 2.33. The third-order valence-corrected chi connectivity index (χ3v) is 3.53. The Labute approximate surface area is 123 Å². The van der Waals surface area contributed by atoms with Crippen LogP contribution in [0.25, 0.3) is 22.5 Å². The third-order valence-electron chi connectivity index (χ3n) is 3.53. The lowest BCUT2D eigenvalue weighted by molar-refractivity contribution is 0.628. The van der Waals surface area contributed by atoms with Gasteiger partial charge in [-0.05, 0) is 53.9 Å². The summed E-state index contributed by atoms with van der Waals surface area (Å²) in [5.41, 5.74) is 5.06. The number of hydrogen-bond acceptors (Lipinski definition) is 1. The van der Waals surface area contributed by atoms with E-state index in [-0.39, 0.29) is 5.82 Å². The molecule has 2 nitrogen and oxygen atoms in total. The van der Waals surface area contributed by atoms with E-state index >= 15 is 0 Å². The molecule has 3 rings (SSSR count). The van der Waals surface area contributed by atoms with Gasteiger partial charge in [-0.25, -0.2) is 4.39 Å². The number of benzene rings is 1. The van der Waals surface area contributed by atoms with Crippen molar-refractivity contribution < 1.29 is 4.39 Å². The van der Waals surface area contributed by atoms with Crippen molar-refractivity contribution in [2.45, 2.75) is 19.8 Å². The summed E-state index contributed by atoms with van der Waals surface area (Å²) in [5.74, 6) is 0.162. The first-order valence-corrected chi connectivity index (χ1v) is 7.05. The van der Waals surface area contributed by atoms with Crippen LogP contribution in [0.1, 0.15) is 25.5 Å². The summed E-state index contributed by atoms with van der Waals surface area (Å²) >= 11 is 0. The minimum atomic E-state index is -0.228. The molecule has 2 heterocycles. The Bertz CT molecular complexity index is 728. The minimum Gasteiger partial charge on any atom is -0.358 e. The maximum Gasteiger partial charge on any atom is 0.123 e. The predicted molar refractivity (Wildman–Crippen MR) is 83.5 cm³/mol. The minimum absolute atomic E-state index is 0.228. The summed E-state index contributed by atoms with van der Waals surface area (Å²) in [6.07, 6.45) is 1.78. The zero-order valence-corrected chi connectivity index (χ0v) is 12.1. The molecule has 0 saturated carbocycles. The molecule has 0 aliphatic heterocycles. The van der Waals surface area contributed by atoms with Gasteiger partial charge in [-0.15, -0.1) is 0 Å². The Balaban J connectivity index is 2.16. The first-order valence-electron chi connectivity index (χ1n) is 7.05. The maximum absolute atomic E-state index is 13.1. The molecule has 0 spiro atoms. The fourth-order valence-electron chi connectivity index (χ4n) is 2.35. The SMILES string of the molecule is CC(C)c1cc(-c2ccccn2)c(-c2ccc(F)cc2)[nH]1. The van der Waals surface area contributed by atoms with E-state index in [1.807, 2.05) is 18.2 Å². The molecule has 0 saturated heterocycles. The van der Waals surface area contributed by atoms with Crippen molar-refractivity contribution in [3.63, 3.8) is 0 Å². The largest absolute Gasteiger partial charge is 0.358 e. The molecule has 2 aromatic heterocycles. The highest BCUT2D eigenvalue weighted by Gasteiger charge is 2.14. The molecule has 0 aliphatic rings. The highest BCUT2D eigenvalue weighted by molar-refractivity contribution is 5.80. The van der Waals surface area contributed by atoms with E-state index in [1.54, 1.807) is 18.3 Å². The predicted octanol–water partition coefficient (Wildman–Crippen LogP) is 5.01. The van der Waals surface area contributed by atoms with Crippen LogP contribution in [0.4, 0.5) is 4.39 Å². The van der Waals surface area contributed by atoms with Crippen LogP contribution in [-0.4, -0.2) is 9.97 Å². The topological polar surface area (TPSA) is 28.7 Å². The molecule has 0 atom stereocenters. The van der Waals surface area contributed by atoms with Gasteiger partial charge in [0.1, 0.15) is 5.82 Å². The maximum atomic E-state index is 13.1. The molecular formula is C18H17FN2. The van der Waals surface area contributed by atoms with Gasteiger partial charge in [0.15, 0.2) is 0 Å². The normalized spacial score (nSPS) is 11.0. The van der Waals surface area contributed by atoms with Crippen LogP contribution in [0.5, 0.6) is 0 Å². The molecule has 1 aromatic carbocycles. The van der Waals surface area contributed by atoms with Crippen molar-refractivity contribution in [3.05, 3.63) is 66.2 Å². The van der Waals surface area contributed by atoms with Crippen molar-refractivity contribution >= 4 is 0 Å². The number of hydrogen-bond donors (Lipinski definition) is 1. The number of aromatic nitrogens is 2. The van der Waals surface area contributed by atoms with Crippen molar-refractivity contribution in [1.82, 2.24) is 9.97 Å². The van der Waals surface area contributed by atoms with Crippen LogP contribution in [-0.2, 0) is 0 Å². The van der Waals surface area contributed by atoms with Gasteiger partial charge in [0, 0.05) is 17.5 Å². The second kappa shape index (κ2) is 5.52. The smallest absolute Gasteiger partial charge is 0.123 e. The van der Waals surface area contributed by atoms with Gasteiger partial charge >= 0.3 is 0 Å². The molecule has 1 N–H and O–H groups in total. The quantitative estimate of drug-likeness (QED) is 0.718. The van der Waals surface area contributed by atoms with Crippen LogP contribution in [0.2, 0.25) is 0 Å². The van der Waals surface area contributed by atoms with Crippen molar-refractivity contribution in [2.75, 3.05) is 0 Å². The zero-order valence-electron chi connectivity index (χ0n) is 12.1. The number of pyridine rings is 1. The Kier molecular flexibility index (Phi) is 3.57. The molecule has 0 aliphatic carbocycles. The van der Waals surface area contributed by atoms with Crippen LogP contribution in [0.3, 0.4) is 0 Å². The second-order valence-corrected chi connectivity index (χ2v) is 5.39. The summed E-state index contributed by atoms with van der Waals surface area (Å²) in [6.45, 7) is 4.28. The van der Waals surface area contributed by atoms with Crippen LogP contribution < -0.4 is 0 Å². The van der Waals surface area contributed by atoms with E-state index in [1.165, 1.54) is 12.1 Å². The van der Waals surface area contributed by atoms with Gasteiger partial charge in [-0.3, -0.25) is 4.98 Å². The van der Waals surface area contributed by atoms with Crippen LogP contribution in [0, 0.1) is 5.82 Å². The van der Waals surface area contributed by atoms with E-state index < -0.39 is 0 Å². The van der Waals surface area contributed by atoms with E-state index in [0.717, 1.165) is 28.2 Å². The number of rotatable bonds is 3. The van der Waals surface area contributed by atoms with Crippen LogP contribution in [0.15, 0.2) is 54.7 Å². The molecular weight excluding hydrogens is 263 g/mol. The highest BCUT2D eigenvalue weighted by atomic mass is 19.1. The van der Waals surface area contributed by atoms with Gasteiger partial charge in [-0.1, -0.05) is 19.9 Å². The van der Waals surface area contributed by atoms with Gasteiger partial charge in [0.25, 0.3) is 0 Å². The average molecular weight is 280 g/mol. The van der Waals surface area contributed by atoms with Gasteiger partial charge in [0.2, 0.25) is 0 Å². The lowest BCUT2D eigenvalue weighted by Crippen LogP contribution is -1.87. The Morgan fingerprint density at radius 2 is 1.81 bits per heavy atom. The number of aromatic amines is 1. The summed E-state index contributed by atoms with van der Waals surface area (Å²) in [4.78, 5) is 7.88. The summed E-state index contributed by atoms with van der Waals surface area (Å²) in [5, 5.41) is 0. The lowest BCUT2D eigenvalue weighted by atomic mass is 10.0. The molecule has 3 heteroatoms. The molecule has 0 fully saturated rings. The molecule has 0 amide bonds. The molecule has 106 valence electrons. The first-order chi connectivity index (χ1) is 10.1. The van der Waals surface area contributed by atoms with Crippen LogP contribution >= 0.6 is 0 Å². The van der Waals surface area contributed by atoms with E-state index in [2.05, 4.69) is 29.9 Å². The molecule has 0 radical (unpaired) electrons. The van der Waals surface area contributed by atoms with Crippen molar-refractivity contribution in [2.24, 2.45) is 0 Å². The Morgan fingerprint density at radius 3 is 2.43 bits per heavy atom. The standard InChI is InChI=1S/C18H17FN2/c1-12(2)17-11-15(16-5-3-4-10-20-16)18(21-17)13-6-8-14(19)9-7-13/h3-12,21H,1-2H3. The Morgan fingerprint density at radius 1 is 1.05 bits per heavy atom. The number of nitrogens with zero attached hydrogens (tertiary/aromatic N) is 1.